The molecular weight excluding hydrogens is 470 g/mol. The molecule has 2 aromatic heterocycles. The van der Waals surface area contributed by atoms with Crippen LogP contribution in [0.5, 0.6) is 0 Å². The summed E-state index contributed by atoms with van der Waals surface area (Å²) < 4.78 is 1.66. The van der Waals surface area contributed by atoms with Gasteiger partial charge in [0.05, 0.1) is 18.3 Å². The number of allylic oxidation sites excluding steroid dienone is 1. The van der Waals surface area contributed by atoms with Gasteiger partial charge < -0.3 is 19.9 Å². The van der Waals surface area contributed by atoms with Gasteiger partial charge in [0.25, 0.3) is 11.5 Å². The number of hydrogen-bond donors (Lipinski definition) is 2. The van der Waals surface area contributed by atoms with Crippen LogP contribution < -0.4 is 10.9 Å². The largest absolute Gasteiger partial charge is 0.396 e. The van der Waals surface area contributed by atoms with Crippen LogP contribution in [-0.2, 0) is 11.3 Å². The molecule has 1 saturated heterocycles. The van der Waals surface area contributed by atoms with Crippen molar-refractivity contribution in [2.24, 2.45) is 11.8 Å². The summed E-state index contributed by atoms with van der Waals surface area (Å²) >= 11 is 0. The highest BCUT2D eigenvalue weighted by molar-refractivity contribution is 5.97. The minimum atomic E-state index is -0.945. The third kappa shape index (κ3) is 4.25. The second-order valence-electron chi connectivity index (χ2n) is 9.47. The fourth-order valence-electron chi connectivity index (χ4n) is 5.70. The SMILES string of the molecule is CC=Cc1ccc2n(c1=O)C[C@@H]1[C@@H](CO)[C@H](C(=O)N[C@@H](C)c3ccccc3)N(C(=O)c3cnccn3)[C@H]21. The van der Waals surface area contributed by atoms with Crippen molar-refractivity contribution in [3.63, 3.8) is 0 Å². The zero-order valence-corrected chi connectivity index (χ0v) is 20.7. The van der Waals surface area contributed by atoms with Crippen LogP contribution >= 0.6 is 0 Å². The number of pyridine rings is 1. The van der Waals surface area contributed by atoms with E-state index in [2.05, 4.69) is 15.3 Å². The maximum absolute atomic E-state index is 13.8. The molecule has 0 unspecified atom stereocenters. The molecule has 2 aliphatic heterocycles. The third-order valence-electron chi connectivity index (χ3n) is 7.40. The lowest BCUT2D eigenvalue weighted by Gasteiger charge is -2.31. The van der Waals surface area contributed by atoms with Gasteiger partial charge in [-0.15, -0.1) is 0 Å². The molecule has 9 heteroatoms. The summed E-state index contributed by atoms with van der Waals surface area (Å²) in [5, 5.41) is 13.5. The maximum atomic E-state index is 13.8. The molecule has 5 rings (SSSR count). The van der Waals surface area contributed by atoms with E-state index in [1.54, 1.807) is 22.8 Å². The lowest BCUT2D eigenvalue weighted by molar-refractivity contribution is -0.127. The van der Waals surface area contributed by atoms with E-state index in [0.717, 1.165) is 5.56 Å². The Morgan fingerprint density at radius 1 is 1.19 bits per heavy atom. The summed E-state index contributed by atoms with van der Waals surface area (Å²) in [7, 11) is 0. The van der Waals surface area contributed by atoms with E-state index < -0.39 is 23.9 Å². The fraction of sp³-hybridized carbons (Fsp3) is 0.321. The number of carbonyl (C=O) groups is 2. The second-order valence-corrected chi connectivity index (χ2v) is 9.47. The zero-order chi connectivity index (χ0) is 26.1. The first-order valence-corrected chi connectivity index (χ1v) is 12.4. The zero-order valence-electron chi connectivity index (χ0n) is 20.7. The Morgan fingerprint density at radius 2 is 1.97 bits per heavy atom. The number of amides is 2. The molecular formula is C28H29N5O4. The molecule has 3 aromatic rings. The molecule has 0 saturated carbocycles. The first-order valence-electron chi connectivity index (χ1n) is 12.4. The van der Waals surface area contributed by atoms with Gasteiger partial charge in [-0.2, -0.15) is 0 Å². The van der Waals surface area contributed by atoms with E-state index in [-0.39, 0.29) is 35.7 Å². The predicted molar refractivity (Wildman–Crippen MR) is 137 cm³/mol. The first-order chi connectivity index (χ1) is 18.0. The number of carbonyl (C=O) groups excluding carboxylic acids is 2. The highest BCUT2D eigenvalue weighted by Gasteiger charge is 2.57. The number of rotatable bonds is 6. The molecule has 37 heavy (non-hydrogen) atoms. The Kier molecular flexibility index (Phi) is 6.71. The van der Waals surface area contributed by atoms with Crippen molar-refractivity contribution in [1.29, 1.82) is 0 Å². The van der Waals surface area contributed by atoms with Crippen LogP contribution in [0.25, 0.3) is 6.08 Å². The predicted octanol–water partition coefficient (Wildman–Crippen LogP) is 2.35. The number of nitrogens with one attached hydrogen (secondary N) is 1. The third-order valence-corrected chi connectivity index (χ3v) is 7.40. The van der Waals surface area contributed by atoms with Gasteiger partial charge in [0, 0.05) is 48.6 Å². The van der Waals surface area contributed by atoms with Crippen LogP contribution in [0.3, 0.4) is 0 Å². The average molecular weight is 500 g/mol. The standard InChI is InChI=1S/C28H29N5O4/c1-3-7-19-10-11-23-24-20(15-32(23)27(19)36)21(16-34)25(33(24)28(37)22-14-29-12-13-30-22)26(35)31-17(2)18-8-5-4-6-9-18/h3-14,17,20-21,24-25,34H,15-16H2,1-2H3,(H,31,35)/t17-,20+,21+,24-,25+/m0/s1. The molecule has 0 radical (unpaired) electrons. The molecule has 9 nitrogen and oxygen atoms in total. The van der Waals surface area contributed by atoms with Gasteiger partial charge in [0.2, 0.25) is 5.91 Å². The molecule has 4 heterocycles. The van der Waals surface area contributed by atoms with Gasteiger partial charge in [0.15, 0.2) is 0 Å². The van der Waals surface area contributed by atoms with Crippen LogP contribution in [-0.4, -0.2) is 49.0 Å². The van der Waals surface area contributed by atoms with Crippen molar-refractivity contribution in [3.05, 3.63) is 100.0 Å². The molecule has 1 fully saturated rings. The lowest BCUT2D eigenvalue weighted by Crippen LogP contribution is -2.51. The summed E-state index contributed by atoms with van der Waals surface area (Å²) in [6.45, 7) is 3.71. The normalized spacial score (nSPS) is 23.1. The molecule has 0 bridgehead atoms. The summed E-state index contributed by atoms with van der Waals surface area (Å²) in [5.41, 5.74) is 2.05. The van der Waals surface area contributed by atoms with Crippen LogP contribution in [0.4, 0.5) is 0 Å². The fourth-order valence-corrected chi connectivity index (χ4v) is 5.70. The van der Waals surface area contributed by atoms with Crippen LogP contribution in [0, 0.1) is 11.8 Å². The van der Waals surface area contributed by atoms with Crippen molar-refractivity contribution in [3.8, 4) is 0 Å². The number of hydrogen-bond acceptors (Lipinski definition) is 6. The molecule has 5 atom stereocenters. The highest BCUT2D eigenvalue weighted by Crippen LogP contribution is 2.49. The van der Waals surface area contributed by atoms with Crippen molar-refractivity contribution >= 4 is 17.9 Å². The van der Waals surface area contributed by atoms with Gasteiger partial charge in [-0.05, 0) is 31.5 Å². The summed E-state index contributed by atoms with van der Waals surface area (Å²) in [4.78, 5) is 50.5. The number of fused-ring (bicyclic) bond motifs is 3. The lowest BCUT2D eigenvalue weighted by atomic mass is 9.88. The van der Waals surface area contributed by atoms with Crippen LogP contribution in [0.2, 0.25) is 0 Å². The smallest absolute Gasteiger partial charge is 0.275 e. The molecule has 1 aromatic carbocycles. The van der Waals surface area contributed by atoms with Crippen molar-refractivity contribution in [2.45, 2.75) is 38.5 Å². The quantitative estimate of drug-likeness (QED) is 0.538. The molecule has 190 valence electrons. The monoisotopic (exact) mass is 499 g/mol. The highest BCUT2D eigenvalue weighted by atomic mass is 16.3. The van der Waals surface area contributed by atoms with Crippen molar-refractivity contribution in [2.75, 3.05) is 6.61 Å². The van der Waals surface area contributed by atoms with Gasteiger partial charge >= 0.3 is 0 Å². The minimum Gasteiger partial charge on any atom is -0.396 e. The van der Waals surface area contributed by atoms with Gasteiger partial charge in [-0.25, -0.2) is 4.98 Å². The maximum Gasteiger partial charge on any atom is 0.275 e. The molecule has 0 aliphatic carbocycles. The second kappa shape index (κ2) is 10.1. The number of aliphatic hydroxyl groups excluding tert-OH is 1. The Morgan fingerprint density at radius 3 is 2.65 bits per heavy atom. The topological polar surface area (TPSA) is 117 Å². The Bertz CT molecular complexity index is 1390. The minimum absolute atomic E-state index is 0.0973. The average Bonchev–Trinajstić information content (AvgIpc) is 3.46. The summed E-state index contributed by atoms with van der Waals surface area (Å²) in [5.74, 6) is -1.72. The number of aromatic nitrogens is 3. The van der Waals surface area contributed by atoms with Gasteiger partial charge in [-0.1, -0.05) is 42.5 Å². The van der Waals surface area contributed by atoms with E-state index in [9.17, 15) is 19.5 Å². The van der Waals surface area contributed by atoms with E-state index in [4.69, 9.17) is 0 Å². The van der Waals surface area contributed by atoms with Crippen LogP contribution in [0.15, 0.2) is 71.9 Å². The van der Waals surface area contributed by atoms with E-state index in [0.29, 0.717) is 17.8 Å². The number of nitrogens with zero attached hydrogens (tertiary/aromatic N) is 4. The number of benzene rings is 1. The molecule has 0 spiro atoms. The van der Waals surface area contributed by atoms with E-state index >= 15 is 0 Å². The summed E-state index contributed by atoms with van der Waals surface area (Å²) in [6.07, 6.45) is 7.81. The van der Waals surface area contributed by atoms with Gasteiger partial charge in [-0.3, -0.25) is 19.4 Å². The van der Waals surface area contributed by atoms with E-state index in [1.807, 2.05) is 50.2 Å². The Hall–Kier alpha value is -4.11. The Labute approximate surface area is 214 Å². The molecule has 2 amide bonds. The van der Waals surface area contributed by atoms with Crippen molar-refractivity contribution < 1.29 is 14.7 Å². The van der Waals surface area contributed by atoms with Crippen LogP contribution in [0.1, 0.15) is 53.2 Å². The summed E-state index contributed by atoms with van der Waals surface area (Å²) in [6, 6.07) is 11.3. The molecule has 2 aliphatic rings. The number of aliphatic hydroxyl groups is 1. The van der Waals surface area contributed by atoms with E-state index in [1.165, 1.54) is 23.5 Å². The number of likely N-dealkylation sites (tertiary alicyclic amines) is 1. The Balaban J connectivity index is 1.57. The van der Waals surface area contributed by atoms with Crippen molar-refractivity contribution in [1.82, 2.24) is 24.8 Å². The van der Waals surface area contributed by atoms with Gasteiger partial charge in [0.1, 0.15) is 11.7 Å². The first kappa shape index (κ1) is 24.6. The molecule has 2 N–H and O–H groups in total.